The molecule has 1 heteroatoms. The van der Waals surface area contributed by atoms with E-state index in [1.165, 1.54) is 122 Å². The third-order valence-corrected chi connectivity index (χ3v) is 9.37. The van der Waals surface area contributed by atoms with Gasteiger partial charge in [-0.2, -0.15) is 5.26 Å². The molecule has 3 rings (SSSR count). The quantitative estimate of drug-likeness (QED) is 0.336. The molecule has 3 fully saturated rings. The number of hydrogen-bond donors (Lipinski definition) is 0. The van der Waals surface area contributed by atoms with Crippen molar-refractivity contribution in [2.75, 3.05) is 0 Å². The number of nitriles is 1. The van der Waals surface area contributed by atoms with Gasteiger partial charge in [-0.25, -0.2) is 0 Å². The number of unbranched alkanes of at least 4 members (excludes halogenated alkanes) is 5. The number of rotatable bonds is 10. The highest BCUT2D eigenvalue weighted by molar-refractivity contribution is 5.09. The maximum absolute atomic E-state index is 10.2. The van der Waals surface area contributed by atoms with Gasteiger partial charge in [0.15, 0.2) is 0 Å². The van der Waals surface area contributed by atoms with Gasteiger partial charge in [0.05, 0.1) is 11.5 Å². The minimum Gasteiger partial charge on any atom is -0.198 e. The molecule has 0 spiro atoms. The highest BCUT2D eigenvalue weighted by Crippen LogP contribution is 2.56. The lowest BCUT2D eigenvalue weighted by Gasteiger charge is -2.50. The Morgan fingerprint density at radius 1 is 0.724 bits per heavy atom. The lowest BCUT2D eigenvalue weighted by molar-refractivity contribution is 0.0146. The van der Waals surface area contributed by atoms with Crippen molar-refractivity contribution in [2.45, 2.75) is 136 Å². The van der Waals surface area contributed by atoms with Crippen LogP contribution in [0.2, 0.25) is 0 Å². The van der Waals surface area contributed by atoms with E-state index in [4.69, 9.17) is 0 Å². The zero-order chi connectivity index (χ0) is 20.5. The second kappa shape index (κ2) is 11.8. The predicted molar refractivity (Wildman–Crippen MR) is 125 cm³/mol. The molecule has 0 heterocycles. The lowest BCUT2D eigenvalue weighted by Crippen LogP contribution is -2.42. The first-order valence-corrected chi connectivity index (χ1v) is 13.6. The van der Waals surface area contributed by atoms with E-state index in [9.17, 15) is 5.26 Å². The largest absolute Gasteiger partial charge is 0.198 e. The van der Waals surface area contributed by atoms with E-state index in [1.807, 2.05) is 0 Å². The van der Waals surface area contributed by atoms with Gasteiger partial charge in [0.2, 0.25) is 0 Å². The molecule has 3 aliphatic rings. The average Bonchev–Trinajstić information content (AvgIpc) is 2.77. The lowest BCUT2D eigenvalue weighted by atomic mass is 9.53. The molecule has 0 saturated heterocycles. The van der Waals surface area contributed by atoms with Crippen LogP contribution in [0.3, 0.4) is 0 Å². The molecule has 3 saturated carbocycles. The first-order chi connectivity index (χ1) is 14.2. The first kappa shape index (κ1) is 23.2. The Morgan fingerprint density at radius 3 is 2.14 bits per heavy atom. The molecule has 0 bridgehead atoms. The van der Waals surface area contributed by atoms with E-state index in [-0.39, 0.29) is 5.41 Å². The fourth-order valence-corrected chi connectivity index (χ4v) is 7.42. The van der Waals surface area contributed by atoms with E-state index < -0.39 is 0 Å². The van der Waals surface area contributed by atoms with Gasteiger partial charge in [-0.3, -0.25) is 0 Å². The molecule has 0 radical (unpaired) electrons. The second-order valence-corrected chi connectivity index (χ2v) is 11.3. The summed E-state index contributed by atoms with van der Waals surface area (Å²) in [6, 6.07) is 2.91. The molecule has 3 aliphatic carbocycles. The summed E-state index contributed by atoms with van der Waals surface area (Å²) < 4.78 is 0. The van der Waals surface area contributed by atoms with Gasteiger partial charge in [-0.05, 0) is 74.5 Å². The van der Waals surface area contributed by atoms with Crippen LogP contribution in [-0.4, -0.2) is 0 Å². The van der Waals surface area contributed by atoms with Crippen molar-refractivity contribution >= 4 is 0 Å². The highest BCUT2D eigenvalue weighted by atomic mass is 14.5. The molecule has 1 nitrogen and oxygen atoms in total. The number of fused-ring (bicyclic) bond motifs is 1. The van der Waals surface area contributed by atoms with Crippen LogP contribution >= 0.6 is 0 Å². The Balaban J connectivity index is 1.44. The highest BCUT2D eigenvalue weighted by Gasteiger charge is 2.48. The summed E-state index contributed by atoms with van der Waals surface area (Å²) >= 11 is 0. The minimum absolute atomic E-state index is 0.0567. The van der Waals surface area contributed by atoms with Gasteiger partial charge in [0.1, 0.15) is 0 Å². The van der Waals surface area contributed by atoms with Gasteiger partial charge in [-0.15, -0.1) is 0 Å². The topological polar surface area (TPSA) is 23.8 Å². The molecule has 29 heavy (non-hydrogen) atoms. The molecule has 4 atom stereocenters. The molecule has 166 valence electrons. The zero-order valence-electron chi connectivity index (χ0n) is 19.8. The van der Waals surface area contributed by atoms with Gasteiger partial charge in [0, 0.05) is 0 Å². The monoisotopic (exact) mass is 399 g/mol. The third kappa shape index (κ3) is 6.24. The van der Waals surface area contributed by atoms with Gasteiger partial charge in [-0.1, -0.05) is 90.9 Å². The molecule has 0 N–H and O–H groups in total. The summed E-state index contributed by atoms with van der Waals surface area (Å²) in [4.78, 5) is 0. The third-order valence-electron chi connectivity index (χ3n) is 9.37. The van der Waals surface area contributed by atoms with E-state index >= 15 is 0 Å². The van der Waals surface area contributed by atoms with E-state index in [0.29, 0.717) is 0 Å². The summed E-state index contributed by atoms with van der Waals surface area (Å²) in [6.07, 6.45) is 26.6. The summed E-state index contributed by atoms with van der Waals surface area (Å²) in [5, 5.41) is 10.2. The first-order valence-electron chi connectivity index (χ1n) is 13.6. The molecule has 0 aromatic carbocycles. The SMILES string of the molecule is CCCCCCCC1CCC2CC(C3CCC(CCCC)CC3)CCC2(C#N)C1. The number of nitrogens with zero attached hydrogens (tertiary/aromatic N) is 1. The van der Waals surface area contributed by atoms with Crippen LogP contribution in [0.5, 0.6) is 0 Å². The summed E-state index contributed by atoms with van der Waals surface area (Å²) in [5.41, 5.74) is 0.0567. The summed E-state index contributed by atoms with van der Waals surface area (Å²) in [5.74, 6) is 4.53. The molecular weight excluding hydrogens is 350 g/mol. The minimum atomic E-state index is 0.0567. The van der Waals surface area contributed by atoms with Crippen LogP contribution in [0.1, 0.15) is 136 Å². The fourth-order valence-electron chi connectivity index (χ4n) is 7.42. The smallest absolute Gasteiger partial charge is 0.0692 e. The van der Waals surface area contributed by atoms with Gasteiger partial charge in [0.25, 0.3) is 0 Å². The molecule has 0 aromatic rings. The van der Waals surface area contributed by atoms with Crippen LogP contribution in [0.4, 0.5) is 0 Å². The Morgan fingerprint density at radius 2 is 1.41 bits per heavy atom. The Hall–Kier alpha value is -0.510. The maximum atomic E-state index is 10.2. The summed E-state index contributed by atoms with van der Waals surface area (Å²) in [7, 11) is 0. The van der Waals surface area contributed by atoms with Crippen molar-refractivity contribution in [1.82, 2.24) is 0 Å². The van der Waals surface area contributed by atoms with Crippen LogP contribution in [0.25, 0.3) is 0 Å². The van der Waals surface area contributed by atoms with Crippen LogP contribution in [-0.2, 0) is 0 Å². The van der Waals surface area contributed by atoms with Crippen molar-refractivity contribution in [3.8, 4) is 6.07 Å². The normalized spacial score (nSPS) is 37.6. The molecular formula is C28H49N. The maximum Gasteiger partial charge on any atom is 0.0692 e. The number of hydrogen-bond acceptors (Lipinski definition) is 1. The van der Waals surface area contributed by atoms with Crippen LogP contribution in [0, 0.1) is 46.3 Å². The van der Waals surface area contributed by atoms with Crippen LogP contribution < -0.4 is 0 Å². The van der Waals surface area contributed by atoms with Crippen molar-refractivity contribution in [3.05, 3.63) is 0 Å². The van der Waals surface area contributed by atoms with Gasteiger partial charge >= 0.3 is 0 Å². The summed E-state index contributed by atoms with van der Waals surface area (Å²) in [6.45, 7) is 4.63. The van der Waals surface area contributed by atoms with Crippen LogP contribution in [0.15, 0.2) is 0 Å². The standard InChI is InChI=1S/C28H49N/c1-3-5-7-8-9-11-24-14-17-27-20-26(18-19-28(27,21-24)22-29)25-15-12-23(13-16-25)10-6-4-2/h23-27H,3-21H2,1-2H3. The van der Waals surface area contributed by atoms with Crippen molar-refractivity contribution in [2.24, 2.45) is 35.0 Å². The van der Waals surface area contributed by atoms with E-state index in [2.05, 4.69) is 19.9 Å². The molecule has 4 unspecified atom stereocenters. The molecule has 0 aliphatic heterocycles. The Bertz CT molecular complexity index is 497. The Kier molecular flexibility index (Phi) is 9.40. The van der Waals surface area contributed by atoms with E-state index in [0.717, 1.165) is 29.6 Å². The van der Waals surface area contributed by atoms with Crippen molar-refractivity contribution < 1.29 is 0 Å². The predicted octanol–water partition coefficient (Wildman–Crippen LogP) is 9.07. The average molecular weight is 400 g/mol. The Labute approximate surface area is 182 Å². The van der Waals surface area contributed by atoms with E-state index in [1.54, 1.807) is 0 Å². The second-order valence-electron chi connectivity index (χ2n) is 11.3. The molecule has 0 aromatic heterocycles. The zero-order valence-corrected chi connectivity index (χ0v) is 19.8. The van der Waals surface area contributed by atoms with Gasteiger partial charge < -0.3 is 0 Å². The van der Waals surface area contributed by atoms with Crippen molar-refractivity contribution in [1.29, 1.82) is 5.26 Å². The molecule has 0 amide bonds. The van der Waals surface area contributed by atoms with Crippen molar-refractivity contribution in [3.63, 3.8) is 0 Å². The fraction of sp³-hybridized carbons (Fsp3) is 0.964.